The van der Waals surface area contributed by atoms with E-state index in [1.54, 1.807) is 0 Å². The summed E-state index contributed by atoms with van der Waals surface area (Å²) in [5.74, 6) is 0.142. The van der Waals surface area contributed by atoms with E-state index in [9.17, 15) is 4.79 Å². The van der Waals surface area contributed by atoms with Gasteiger partial charge in [0, 0.05) is 36.4 Å². The third kappa shape index (κ3) is 2.65. The van der Waals surface area contributed by atoms with Crippen molar-refractivity contribution in [3.8, 4) is 0 Å². The van der Waals surface area contributed by atoms with Gasteiger partial charge in [-0.2, -0.15) is 5.10 Å². The average Bonchev–Trinajstić information content (AvgIpc) is 3.14. The van der Waals surface area contributed by atoms with Crippen LogP contribution >= 0.6 is 0 Å². The Bertz CT molecular complexity index is 617. The minimum absolute atomic E-state index is 0.137. The molecule has 0 saturated carbocycles. The van der Waals surface area contributed by atoms with Gasteiger partial charge in [0.05, 0.1) is 0 Å². The van der Waals surface area contributed by atoms with E-state index in [-0.39, 0.29) is 11.4 Å². The zero-order chi connectivity index (χ0) is 16.7. The van der Waals surface area contributed by atoms with E-state index in [0.717, 1.165) is 71.2 Å². The Morgan fingerprint density at radius 3 is 2.67 bits per heavy atom. The van der Waals surface area contributed by atoms with E-state index in [1.165, 1.54) is 11.3 Å². The van der Waals surface area contributed by atoms with Crippen LogP contribution in [0.25, 0.3) is 0 Å². The van der Waals surface area contributed by atoms with Crippen LogP contribution in [0, 0.1) is 0 Å². The predicted molar refractivity (Wildman–Crippen MR) is 93.2 cm³/mol. The highest BCUT2D eigenvalue weighted by molar-refractivity contribution is 5.94. The van der Waals surface area contributed by atoms with Crippen LogP contribution in [-0.4, -0.2) is 83.2 Å². The number of carbonyl (C=O) groups excluding carboxylic acids is 1. The lowest BCUT2D eigenvalue weighted by atomic mass is 9.85. The van der Waals surface area contributed by atoms with Crippen LogP contribution in [0.2, 0.25) is 0 Å². The number of aromatic amines is 1. The van der Waals surface area contributed by atoms with Gasteiger partial charge in [-0.15, -0.1) is 0 Å². The Kier molecular flexibility index (Phi) is 4.12. The summed E-state index contributed by atoms with van der Waals surface area (Å²) in [4.78, 5) is 20.2. The molecule has 1 amide bonds. The maximum absolute atomic E-state index is 13.2. The van der Waals surface area contributed by atoms with Gasteiger partial charge in [-0.25, -0.2) is 0 Å². The first-order valence-corrected chi connectivity index (χ1v) is 9.34. The Balaban J connectivity index is 1.57. The molecule has 0 radical (unpaired) electrons. The van der Waals surface area contributed by atoms with Gasteiger partial charge in [0.1, 0.15) is 0 Å². The molecule has 2 aliphatic heterocycles. The highest BCUT2D eigenvalue weighted by atomic mass is 16.2. The van der Waals surface area contributed by atoms with Gasteiger partial charge in [0.25, 0.3) is 5.91 Å². The molecule has 1 aromatic rings. The quantitative estimate of drug-likeness (QED) is 0.838. The number of nitrogens with zero attached hydrogens (tertiary/aromatic N) is 4. The lowest BCUT2D eigenvalue weighted by molar-refractivity contribution is 0.0314. The molecule has 0 aromatic carbocycles. The summed E-state index contributed by atoms with van der Waals surface area (Å²) in [7, 11) is 4.44. The monoisotopic (exact) mass is 331 g/mol. The smallest absolute Gasteiger partial charge is 0.274 e. The molecule has 132 valence electrons. The average molecular weight is 331 g/mol. The van der Waals surface area contributed by atoms with Crippen molar-refractivity contribution in [1.82, 2.24) is 24.9 Å². The number of fused-ring (bicyclic) bond motifs is 1. The number of rotatable bonds is 1. The third-order valence-corrected chi connectivity index (χ3v) is 6.43. The number of nitrogens with one attached hydrogen (secondary N) is 1. The second kappa shape index (κ2) is 6.15. The number of likely N-dealkylation sites (N-methyl/N-ethyl adjacent to an activating group) is 1. The second-order valence-electron chi connectivity index (χ2n) is 7.91. The van der Waals surface area contributed by atoms with Crippen molar-refractivity contribution in [2.45, 2.75) is 44.1 Å². The molecule has 6 heteroatoms. The van der Waals surface area contributed by atoms with Crippen LogP contribution in [0.15, 0.2) is 0 Å². The van der Waals surface area contributed by atoms with Crippen molar-refractivity contribution in [3.63, 3.8) is 0 Å². The number of likely N-dealkylation sites (tertiary alicyclic amines) is 1. The number of hydrogen-bond donors (Lipinski definition) is 1. The van der Waals surface area contributed by atoms with Gasteiger partial charge in [0.15, 0.2) is 5.69 Å². The molecule has 2 fully saturated rings. The molecular formula is C18H29N5O. The fourth-order valence-corrected chi connectivity index (χ4v) is 4.68. The molecule has 2 saturated heterocycles. The Morgan fingerprint density at radius 1 is 1.08 bits per heavy atom. The fourth-order valence-electron chi connectivity index (χ4n) is 4.68. The zero-order valence-electron chi connectivity index (χ0n) is 15.0. The number of carbonyl (C=O) groups is 1. The zero-order valence-corrected chi connectivity index (χ0v) is 15.0. The van der Waals surface area contributed by atoms with Gasteiger partial charge in [0.2, 0.25) is 0 Å². The molecule has 0 atom stereocenters. The lowest BCUT2D eigenvalue weighted by Crippen LogP contribution is -2.58. The van der Waals surface area contributed by atoms with Crippen LogP contribution in [0.5, 0.6) is 0 Å². The van der Waals surface area contributed by atoms with Crippen LogP contribution in [0.3, 0.4) is 0 Å². The summed E-state index contributed by atoms with van der Waals surface area (Å²) in [6.07, 6.45) is 6.51. The van der Waals surface area contributed by atoms with Crippen molar-refractivity contribution in [1.29, 1.82) is 0 Å². The first kappa shape index (κ1) is 16.1. The van der Waals surface area contributed by atoms with Crippen LogP contribution < -0.4 is 0 Å². The Labute approximate surface area is 144 Å². The Hall–Kier alpha value is -1.40. The summed E-state index contributed by atoms with van der Waals surface area (Å²) >= 11 is 0. The van der Waals surface area contributed by atoms with Crippen molar-refractivity contribution < 1.29 is 4.79 Å². The third-order valence-electron chi connectivity index (χ3n) is 6.43. The van der Waals surface area contributed by atoms with Gasteiger partial charge in [-0.05, 0) is 65.7 Å². The van der Waals surface area contributed by atoms with E-state index >= 15 is 0 Å². The summed E-state index contributed by atoms with van der Waals surface area (Å²) in [6.45, 7) is 5.00. The van der Waals surface area contributed by atoms with Crippen LogP contribution in [0.4, 0.5) is 0 Å². The SMILES string of the molecule is CN1CCC2(CC1)CN(C(=O)c1n[nH]c3c1CCC3)CCCN2C. The molecule has 24 heavy (non-hydrogen) atoms. The molecule has 1 spiro atoms. The molecule has 3 aliphatic rings. The summed E-state index contributed by atoms with van der Waals surface area (Å²) in [5, 5.41) is 7.46. The number of H-pyrrole nitrogens is 1. The molecule has 6 nitrogen and oxygen atoms in total. The number of aromatic nitrogens is 2. The van der Waals surface area contributed by atoms with Crippen LogP contribution in [0.1, 0.15) is 47.4 Å². The van der Waals surface area contributed by atoms with Crippen LogP contribution in [-0.2, 0) is 12.8 Å². The standard InChI is InChI=1S/C18H29N5O/c1-21-11-7-18(8-12-21)13-23(10-4-9-22(18)2)17(24)16-14-5-3-6-15(14)19-20-16/h3-13H2,1-2H3,(H,19,20). The van der Waals surface area contributed by atoms with Crippen molar-refractivity contribution in [2.75, 3.05) is 46.8 Å². The van der Waals surface area contributed by atoms with E-state index in [2.05, 4.69) is 39.0 Å². The molecule has 0 bridgehead atoms. The predicted octanol–water partition coefficient (Wildman–Crippen LogP) is 1.14. The highest BCUT2D eigenvalue weighted by Gasteiger charge is 2.42. The molecule has 1 aromatic heterocycles. The van der Waals surface area contributed by atoms with Crippen molar-refractivity contribution in [3.05, 3.63) is 17.0 Å². The first-order valence-electron chi connectivity index (χ1n) is 9.34. The number of amides is 1. The van der Waals surface area contributed by atoms with Gasteiger partial charge in [-0.1, -0.05) is 0 Å². The van der Waals surface area contributed by atoms with Crippen molar-refractivity contribution >= 4 is 5.91 Å². The van der Waals surface area contributed by atoms with Gasteiger partial charge < -0.3 is 9.80 Å². The molecule has 3 heterocycles. The summed E-state index contributed by atoms with van der Waals surface area (Å²) in [6, 6.07) is 0. The molecule has 1 N–H and O–H groups in total. The topological polar surface area (TPSA) is 55.5 Å². The number of hydrogen-bond acceptors (Lipinski definition) is 4. The van der Waals surface area contributed by atoms with E-state index in [0.29, 0.717) is 5.69 Å². The second-order valence-corrected chi connectivity index (χ2v) is 7.91. The Morgan fingerprint density at radius 2 is 1.88 bits per heavy atom. The normalized spacial score (nSPS) is 25.0. The van der Waals surface area contributed by atoms with Gasteiger partial charge >= 0.3 is 0 Å². The van der Waals surface area contributed by atoms with Gasteiger partial charge in [-0.3, -0.25) is 14.8 Å². The number of piperidine rings is 1. The molecular weight excluding hydrogens is 302 g/mol. The fraction of sp³-hybridized carbons (Fsp3) is 0.778. The summed E-state index contributed by atoms with van der Waals surface area (Å²) < 4.78 is 0. The molecule has 1 aliphatic carbocycles. The molecule has 0 unspecified atom stereocenters. The summed E-state index contributed by atoms with van der Waals surface area (Å²) in [5.41, 5.74) is 3.18. The maximum atomic E-state index is 13.2. The lowest BCUT2D eigenvalue weighted by Gasteiger charge is -2.47. The first-order chi connectivity index (χ1) is 11.6. The van der Waals surface area contributed by atoms with E-state index < -0.39 is 0 Å². The van der Waals surface area contributed by atoms with E-state index in [1.807, 2.05) is 0 Å². The highest BCUT2D eigenvalue weighted by Crippen LogP contribution is 2.32. The number of aryl methyl sites for hydroxylation is 1. The minimum Gasteiger partial charge on any atom is -0.335 e. The maximum Gasteiger partial charge on any atom is 0.274 e. The molecule has 4 rings (SSSR count). The minimum atomic E-state index is 0.137. The van der Waals surface area contributed by atoms with Crippen molar-refractivity contribution in [2.24, 2.45) is 0 Å². The largest absolute Gasteiger partial charge is 0.335 e. The van der Waals surface area contributed by atoms with E-state index in [4.69, 9.17) is 0 Å².